The first-order valence-electron chi connectivity index (χ1n) is 19.1. The van der Waals surface area contributed by atoms with E-state index in [2.05, 4.69) is 130 Å². The van der Waals surface area contributed by atoms with E-state index in [4.69, 9.17) is 52.2 Å². The van der Waals surface area contributed by atoms with Crippen LogP contribution in [0.25, 0.3) is 0 Å². The summed E-state index contributed by atoms with van der Waals surface area (Å²) in [6, 6.07) is 28.1. The number of aliphatic imine (C=N–C) groups is 2. The van der Waals surface area contributed by atoms with Crippen molar-refractivity contribution in [2.45, 2.75) is 122 Å². The van der Waals surface area contributed by atoms with E-state index in [0.717, 1.165) is 34.2 Å². The van der Waals surface area contributed by atoms with Crippen molar-refractivity contribution >= 4 is 60.0 Å². The second-order valence-electron chi connectivity index (χ2n) is 14.2. The van der Waals surface area contributed by atoms with Crippen LogP contribution in [-0.2, 0) is 46.8 Å². The van der Waals surface area contributed by atoms with Gasteiger partial charge in [0.05, 0.1) is 34.2 Å². The summed E-state index contributed by atoms with van der Waals surface area (Å²) in [5, 5.41) is 0. The number of hydrogen-bond donors (Lipinski definition) is 0. The monoisotopic (exact) mass is 953 g/mol. The first-order valence-corrected chi connectivity index (χ1v) is 28.5. The summed E-state index contributed by atoms with van der Waals surface area (Å²) in [7, 11) is 19.4. The zero-order valence-corrected chi connectivity index (χ0v) is 42.0. The number of pyridine rings is 1. The normalized spacial score (nSPS) is 10.9. The fraction of sp³-hybridized carbons (Fsp3) is 0.383. The SMILES string of the molecule is CC(=Nc1c(C)cc(C)cc1C)c1cccc(C(C)=Nc2c(C)cc(C)cc2C)n1.CCCCc1c[cH-]c(C)c1.CCCCc1cc(C)c[cH-]1.[Cl][Fe][Cl].[Cl][Zr+2][Cl]. The summed E-state index contributed by atoms with van der Waals surface area (Å²) >= 11 is -0.631. The molecule has 0 spiro atoms. The number of aryl methyl sites for hydroxylation is 10. The molecule has 5 aromatic rings. The predicted octanol–water partition coefficient (Wildman–Crippen LogP) is 16.1. The first-order chi connectivity index (χ1) is 26.6. The summed E-state index contributed by atoms with van der Waals surface area (Å²) in [6.45, 7) is 25.5. The van der Waals surface area contributed by atoms with Crippen LogP contribution in [0.2, 0.25) is 0 Å². The van der Waals surface area contributed by atoms with Gasteiger partial charge in [-0.25, -0.2) is 22.7 Å². The minimum atomic E-state index is -0.826. The molecule has 0 radical (unpaired) electrons. The van der Waals surface area contributed by atoms with Crippen LogP contribution in [-0.4, -0.2) is 16.4 Å². The number of rotatable bonds is 10. The molecule has 0 saturated heterocycles. The van der Waals surface area contributed by atoms with E-state index in [-0.39, 0.29) is 13.1 Å². The summed E-state index contributed by atoms with van der Waals surface area (Å²) < 4.78 is 0. The second-order valence-corrected chi connectivity index (χ2v) is 19.8. The third-order valence-corrected chi connectivity index (χ3v) is 8.91. The molecule has 56 heavy (non-hydrogen) atoms. The first kappa shape index (κ1) is 52.2. The third kappa shape index (κ3) is 20.2. The van der Waals surface area contributed by atoms with Crippen molar-refractivity contribution in [3.05, 3.63) is 146 Å². The average molecular weight is 957 g/mol. The molecular formula is C47H61Cl4FeN3Zr. The molecule has 0 bridgehead atoms. The Hall–Kier alpha value is -1.81. The number of unbranched alkanes of at least 4 members (excludes halogenated alkanes) is 2. The predicted molar refractivity (Wildman–Crippen MR) is 243 cm³/mol. The molecule has 0 saturated carbocycles. The van der Waals surface area contributed by atoms with Crippen LogP contribution in [0.3, 0.4) is 0 Å². The van der Waals surface area contributed by atoms with Gasteiger partial charge in [0, 0.05) is 0 Å². The fourth-order valence-corrected chi connectivity index (χ4v) is 6.31. The maximum absolute atomic E-state index is 4.93. The maximum atomic E-state index is 4.93. The molecule has 1 aromatic heterocycles. The van der Waals surface area contributed by atoms with Crippen molar-refractivity contribution in [1.82, 2.24) is 4.98 Å². The van der Waals surface area contributed by atoms with Crippen LogP contribution in [0.4, 0.5) is 11.4 Å². The van der Waals surface area contributed by atoms with Gasteiger partial charge in [-0.3, -0.25) is 9.98 Å². The molecular weight excluding hydrogens is 895 g/mol. The summed E-state index contributed by atoms with van der Waals surface area (Å²) in [5.41, 5.74) is 18.7. The van der Waals surface area contributed by atoms with E-state index in [1.165, 1.54) is 94.2 Å². The molecule has 3 nitrogen and oxygen atoms in total. The standard InChI is InChI=1S/C27H31N3.2C10H15.4ClH.Fe.Zr/c1-16-12-18(3)26(19(4)13-16)28-22(7)24-10-9-11-25(30-24)23(8)29-27-20(5)14-17(2)15-21(27)6;2*1-3-4-5-10-7-6-9(2)8-10;;;;;;/h9-15H,1-8H3;2*6-8H,3-5H2,1-2H3;4*1H;;/q;2*-1;;;;;+2;+4/p-4. The Kier molecular flexibility index (Phi) is 27.4. The van der Waals surface area contributed by atoms with Gasteiger partial charge in [0.1, 0.15) is 0 Å². The summed E-state index contributed by atoms with van der Waals surface area (Å²) in [5.74, 6) is 0. The van der Waals surface area contributed by atoms with Gasteiger partial charge >= 0.3 is 71.2 Å². The Morgan fingerprint density at radius 1 is 0.643 bits per heavy atom. The Morgan fingerprint density at radius 2 is 1.07 bits per heavy atom. The summed E-state index contributed by atoms with van der Waals surface area (Å²) in [4.78, 5) is 14.7. The molecule has 0 fully saturated rings. The molecule has 0 aliphatic rings. The van der Waals surface area contributed by atoms with E-state index >= 15 is 0 Å². The average Bonchev–Trinajstić information content (AvgIpc) is 3.77. The quantitative estimate of drug-likeness (QED) is 0.0781. The molecule has 9 heteroatoms. The Morgan fingerprint density at radius 3 is 1.43 bits per heavy atom. The molecule has 0 amide bonds. The van der Waals surface area contributed by atoms with E-state index in [1.54, 1.807) is 0 Å². The fourth-order valence-electron chi connectivity index (χ4n) is 6.31. The van der Waals surface area contributed by atoms with Gasteiger partial charge in [-0.15, -0.1) is 0 Å². The Bertz CT molecular complexity index is 1760. The van der Waals surface area contributed by atoms with E-state index < -0.39 is 20.8 Å². The van der Waals surface area contributed by atoms with Crippen molar-refractivity contribution < 1.29 is 34.0 Å². The van der Waals surface area contributed by atoms with Gasteiger partial charge in [0.15, 0.2) is 0 Å². The van der Waals surface area contributed by atoms with Gasteiger partial charge in [-0.05, 0) is 89.8 Å². The van der Waals surface area contributed by atoms with Crippen molar-refractivity contribution in [2.24, 2.45) is 9.98 Å². The number of hydrogen-bond acceptors (Lipinski definition) is 3. The third-order valence-electron chi connectivity index (χ3n) is 8.91. The van der Waals surface area contributed by atoms with Gasteiger partial charge < -0.3 is 0 Å². The van der Waals surface area contributed by atoms with Gasteiger partial charge in [0.2, 0.25) is 0 Å². The molecule has 304 valence electrons. The van der Waals surface area contributed by atoms with Crippen molar-refractivity contribution in [3.8, 4) is 0 Å². The molecule has 1 heterocycles. The van der Waals surface area contributed by atoms with Gasteiger partial charge in [-0.1, -0.05) is 108 Å². The number of nitrogens with zero attached hydrogens (tertiary/aromatic N) is 3. The molecule has 0 N–H and O–H groups in total. The van der Waals surface area contributed by atoms with Crippen LogP contribution in [0.15, 0.2) is 88.8 Å². The van der Waals surface area contributed by atoms with Gasteiger partial charge in [-0.2, -0.15) is 41.0 Å². The molecule has 5 rings (SSSR count). The zero-order valence-electron chi connectivity index (χ0n) is 35.5. The van der Waals surface area contributed by atoms with Crippen LogP contribution in [0.1, 0.15) is 120 Å². The van der Waals surface area contributed by atoms with Crippen LogP contribution >= 0.6 is 37.2 Å². The number of benzene rings is 2. The minimum absolute atomic E-state index is 0.194. The van der Waals surface area contributed by atoms with Crippen molar-refractivity contribution in [2.75, 3.05) is 0 Å². The van der Waals surface area contributed by atoms with Crippen LogP contribution in [0, 0.1) is 55.4 Å². The zero-order chi connectivity index (χ0) is 42.2. The Balaban J connectivity index is 0.000000487. The van der Waals surface area contributed by atoms with E-state index in [1.807, 2.05) is 32.0 Å². The van der Waals surface area contributed by atoms with E-state index in [9.17, 15) is 0 Å². The number of halogens is 4. The van der Waals surface area contributed by atoms with Crippen molar-refractivity contribution in [1.29, 1.82) is 0 Å². The summed E-state index contributed by atoms with van der Waals surface area (Å²) in [6.07, 6.45) is 7.75. The van der Waals surface area contributed by atoms with E-state index in [0.29, 0.717) is 0 Å². The molecule has 4 aromatic carbocycles. The molecule has 0 aliphatic heterocycles. The van der Waals surface area contributed by atoms with Crippen molar-refractivity contribution in [3.63, 3.8) is 0 Å². The van der Waals surface area contributed by atoms with Crippen LogP contribution in [0.5, 0.6) is 0 Å². The molecule has 0 atom stereocenters. The molecule has 0 unspecified atom stereocenters. The second kappa shape index (κ2) is 29.4. The van der Waals surface area contributed by atoms with Crippen LogP contribution < -0.4 is 0 Å². The Labute approximate surface area is 373 Å². The topological polar surface area (TPSA) is 37.6 Å². The molecule has 0 aliphatic carbocycles. The van der Waals surface area contributed by atoms with Gasteiger partial charge in [0.25, 0.3) is 0 Å². The number of aromatic nitrogens is 1.